The van der Waals surface area contributed by atoms with Crippen LogP contribution in [0, 0.1) is 6.92 Å². The molecule has 0 aliphatic carbocycles. The average molecular weight is 314 g/mol. The van der Waals surface area contributed by atoms with E-state index < -0.39 is 12.0 Å². The molecule has 0 atom stereocenters. The van der Waals surface area contributed by atoms with E-state index in [0.29, 0.717) is 5.75 Å². The number of nitrogens with one attached hydrogen (secondary N) is 2. The molecule has 6 heteroatoms. The molecular formula is C17H18N2O4. The van der Waals surface area contributed by atoms with Gasteiger partial charge in [-0.3, -0.25) is 10.2 Å². The number of hydrogen-bond acceptors (Lipinski definition) is 4. The molecule has 0 aromatic heterocycles. The summed E-state index contributed by atoms with van der Waals surface area (Å²) in [6, 6.07) is 16.6. The number of aryl methyl sites for hydroxylation is 1. The van der Waals surface area contributed by atoms with Crippen molar-refractivity contribution in [3.05, 3.63) is 65.7 Å². The molecular weight excluding hydrogens is 296 g/mol. The highest BCUT2D eigenvalue weighted by molar-refractivity contribution is 5.80. The normalized spacial score (nSPS) is 9.78. The Kier molecular flexibility index (Phi) is 5.99. The molecule has 0 aliphatic heterocycles. The Hall–Kier alpha value is -3.02. The van der Waals surface area contributed by atoms with Crippen LogP contribution in [0.5, 0.6) is 5.75 Å². The van der Waals surface area contributed by atoms with Crippen molar-refractivity contribution in [2.45, 2.75) is 13.5 Å². The van der Waals surface area contributed by atoms with Crippen LogP contribution >= 0.6 is 0 Å². The highest BCUT2D eigenvalue weighted by Gasteiger charge is 2.07. The van der Waals surface area contributed by atoms with Gasteiger partial charge in [-0.25, -0.2) is 10.2 Å². The SMILES string of the molecule is Cc1ccccc1OCC(=O)NNC(=O)OCc1ccccc1. The summed E-state index contributed by atoms with van der Waals surface area (Å²) in [5, 5.41) is 0. The molecule has 0 radical (unpaired) electrons. The summed E-state index contributed by atoms with van der Waals surface area (Å²) in [5.74, 6) is 0.138. The molecule has 0 spiro atoms. The molecule has 0 saturated heterocycles. The standard InChI is InChI=1S/C17H18N2O4/c1-13-7-5-6-10-15(13)22-12-16(20)18-19-17(21)23-11-14-8-3-2-4-9-14/h2-10H,11-12H2,1H3,(H,18,20)(H,19,21). The lowest BCUT2D eigenvalue weighted by Crippen LogP contribution is -2.44. The van der Waals surface area contributed by atoms with E-state index in [0.717, 1.165) is 11.1 Å². The molecule has 23 heavy (non-hydrogen) atoms. The number of para-hydroxylation sites is 1. The van der Waals surface area contributed by atoms with Gasteiger partial charge < -0.3 is 9.47 Å². The topological polar surface area (TPSA) is 76.7 Å². The second kappa shape index (κ2) is 8.43. The third kappa shape index (κ3) is 5.70. The van der Waals surface area contributed by atoms with Crippen molar-refractivity contribution in [2.75, 3.05) is 6.61 Å². The molecule has 2 aromatic carbocycles. The van der Waals surface area contributed by atoms with Crippen LogP contribution in [0.25, 0.3) is 0 Å². The van der Waals surface area contributed by atoms with E-state index >= 15 is 0 Å². The number of rotatable bonds is 5. The number of carbonyl (C=O) groups is 2. The predicted molar refractivity (Wildman–Crippen MR) is 84.6 cm³/mol. The van der Waals surface area contributed by atoms with Crippen molar-refractivity contribution in [1.29, 1.82) is 0 Å². The van der Waals surface area contributed by atoms with Gasteiger partial charge in [0.1, 0.15) is 12.4 Å². The smallest absolute Gasteiger partial charge is 0.426 e. The Morgan fingerprint density at radius 2 is 1.65 bits per heavy atom. The molecule has 2 amide bonds. The highest BCUT2D eigenvalue weighted by atomic mass is 16.6. The van der Waals surface area contributed by atoms with Crippen LogP contribution in [0.15, 0.2) is 54.6 Å². The van der Waals surface area contributed by atoms with Gasteiger partial charge in [0.15, 0.2) is 6.61 Å². The van der Waals surface area contributed by atoms with Gasteiger partial charge in [0.25, 0.3) is 5.91 Å². The van der Waals surface area contributed by atoms with Crippen molar-refractivity contribution in [3.8, 4) is 5.75 Å². The Morgan fingerprint density at radius 1 is 0.957 bits per heavy atom. The van der Waals surface area contributed by atoms with Crippen LogP contribution in [-0.2, 0) is 16.1 Å². The first-order valence-electron chi connectivity index (χ1n) is 7.09. The fourth-order valence-electron chi connectivity index (χ4n) is 1.78. The zero-order valence-corrected chi connectivity index (χ0v) is 12.7. The summed E-state index contributed by atoms with van der Waals surface area (Å²) < 4.78 is 10.3. The zero-order valence-electron chi connectivity index (χ0n) is 12.7. The second-order valence-electron chi connectivity index (χ2n) is 4.79. The van der Waals surface area contributed by atoms with E-state index in [1.807, 2.05) is 55.5 Å². The predicted octanol–water partition coefficient (Wildman–Crippen LogP) is 2.33. The van der Waals surface area contributed by atoms with E-state index in [1.54, 1.807) is 6.07 Å². The summed E-state index contributed by atoms with van der Waals surface area (Å²) in [6.07, 6.45) is -0.738. The van der Waals surface area contributed by atoms with Crippen LogP contribution in [0.2, 0.25) is 0 Å². The van der Waals surface area contributed by atoms with Crippen molar-refractivity contribution >= 4 is 12.0 Å². The molecule has 2 aromatic rings. The number of carbonyl (C=O) groups excluding carboxylic acids is 2. The van der Waals surface area contributed by atoms with Crippen molar-refractivity contribution in [3.63, 3.8) is 0 Å². The second-order valence-corrected chi connectivity index (χ2v) is 4.79. The number of ether oxygens (including phenoxy) is 2. The summed E-state index contributed by atoms with van der Waals surface area (Å²) in [7, 11) is 0. The Balaban J connectivity index is 1.66. The molecule has 120 valence electrons. The van der Waals surface area contributed by atoms with Gasteiger partial charge in [0.2, 0.25) is 0 Å². The lowest BCUT2D eigenvalue weighted by atomic mass is 10.2. The van der Waals surface area contributed by atoms with Crippen LogP contribution in [0.1, 0.15) is 11.1 Å². The van der Waals surface area contributed by atoms with Crippen molar-refractivity contribution in [1.82, 2.24) is 10.9 Å². The number of hydrogen-bond donors (Lipinski definition) is 2. The molecule has 2 N–H and O–H groups in total. The van der Waals surface area contributed by atoms with Gasteiger partial charge in [-0.1, -0.05) is 48.5 Å². The third-order valence-corrected chi connectivity index (χ3v) is 2.97. The Labute approximate surface area is 134 Å². The van der Waals surface area contributed by atoms with Gasteiger partial charge in [-0.15, -0.1) is 0 Å². The summed E-state index contributed by atoms with van der Waals surface area (Å²) in [5.41, 5.74) is 6.17. The Morgan fingerprint density at radius 3 is 2.39 bits per heavy atom. The van der Waals surface area contributed by atoms with Crippen LogP contribution < -0.4 is 15.6 Å². The largest absolute Gasteiger partial charge is 0.483 e. The maximum Gasteiger partial charge on any atom is 0.426 e. The quantitative estimate of drug-likeness (QED) is 0.831. The van der Waals surface area contributed by atoms with E-state index in [2.05, 4.69) is 10.9 Å². The first kappa shape index (κ1) is 16.4. The minimum atomic E-state index is -0.738. The van der Waals surface area contributed by atoms with E-state index in [-0.39, 0.29) is 13.2 Å². The van der Waals surface area contributed by atoms with Crippen LogP contribution in [0.3, 0.4) is 0 Å². The first-order chi connectivity index (χ1) is 11.1. The van der Waals surface area contributed by atoms with E-state index in [1.165, 1.54) is 0 Å². The monoisotopic (exact) mass is 314 g/mol. The molecule has 0 aliphatic rings. The van der Waals surface area contributed by atoms with Gasteiger partial charge >= 0.3 is 6.09 Å². The molecule has 0 saturated carbocycles. The summed E-state index contributed by atoms with van der Waals surface area (Å²) in [6.45, 7) is 1.80. The van der Waals surface area contributed by atoms with Crippen LogP contribution in [0.4, 0.5) is 4.79 Å². The molecule has 0 unspecified atom stereocenters. The van der Waals surface area contributed by atoms with Gasteiger partial charge in [0, 0.05) is 0 Å². The average Bonchev–Trinajstić information content (AvgIpc) is 2.58. The van der Waals surface area contributed by atoms with Gasteiger partial charge in [0.05, 0.1) is 0 Å². The molecule has 0 heterocycles. The van der Waals surface area contributed by atoms with E-state index in [9.17, 15) is 9.59 Å². The maximum absolute atomic E-state index is 11.6. The zero-order chi connectivity index (χ0) is 16.5. The van der Waals surface area contributed by atoms with Gasteiger partial charge in [-0.2, -0.15) is 0 Å². The number of benzene rings is 2. The van der Waals surface area contributed by atoms with Crippen molar-refractivity contribution < 1.29 is 19.1 Å². The fraction of sp³-hybridized carbons (Fsp3) is 0.176. The fourth-order valence-corrected chi connectivity index (χ4v) is 1.78. The maximum atomic E-state index is 11.6. The molecule has 0 fully saturated rings. The summed E-state index contributed by atoms with van der Waals surface area (Å²) in [4.78, 5) is 23.1. The van der Waals surface area contributed by atoms with Crippen molar-refractivity contribution in [2.24, 2.45) is 0 Å². The van der Waals surface area contributed by atoms with Gasteiger partial charge in [-0.05, 0) is 24.1 Å². The number of hydrazine groups is 1. The Bertz CT molecular complexity index is 659. The third-order valence-electron chi connectivity index (χ3n) is 2.97. The lowest BCUT2D eigenvalue weighted by Gasteiger charge is -2.10. The minimum absolute atomic E-state index is 0.127. The summed E-state index contributed by atoms with van der Waals surface area (Å²) >= 11 is 0. The minimum Gasteiger partial charge on any atom is -0.483 e. The highest BCUT2D eigenvalue weighted by Crippen LogP contribution is 2.15. The lowest BCUT2D eigenvalue weighted by molar-refractivity contribution is -0.124. The molecule has 6 nitrogen and oxygen atoms in total. The molecule has 0 bridgehead atoms. The molecule has 2 rings (SSSR count). The first-order valence-corrected chi connectivity index (χ1v) is 7.09. The number of amides is 2. The van der Waals surface area contributed by atoms with E-state index in [4.69, 9.17) is 9.47 Å². The van der Waals surface area contributed by atoms with Crippen LogP contribution in [-0.4, -0.2) is 18.6 Å².